The van der Waals surface area contributed by atoms with Crippen LogP contribution < -0.4 is 11.1 Å². The van der Waals surface area contributed by atoms with Gasteiger partial charge in [-0.25, -0.2) is 0 Å². The quantitative estimate of drug-likeness (QED) is 0.613. The molecule has 3 N–H and O–H groups in total. The molecule has 0 radical (unpaired) electrons. The molecule has 8 heteroatoms. The van der Waals surface area contributed by atoms with E-state index in [4.69, 9.17) is 14.6 Å². The Morgan fingerprint density at radius 2 is 1.57 bits per heavy atom. The van der Waals surface area contributed by atoms with E-state index in [0.717, 1.165) is 0 Å². The molecule has 23 heavy (non-hydrogen) atoms. The third-order valence-electron chi connectivity index (χ3n) is 2.75. The Morgan fingerprint density at radius 1 is 1.04 bits per heavy atom. The van der Waals surface area contributed by atoms with Gasteiger partial charge in [-0.3, -0.25) is 9.59 Å². The lowest BCUT2D eigenvalue weighted by Gasteiger charge is -2.26. The first-order chi connectivity index (χ1) is 10.2. The van der Waals surface area contributed by atoms with Crippen molar-refractivity contribution in [3.05, 3.63) is 0 Å². The molecule has 2 atom stereocenters. The van der Waals surface area contributed by atoms with Crippen LogP contribution in [0, 0.1) is 5.92 Å². The SMILES string of the molecule is CC(C)CC(NC(=O)C(N)CO[Si](C)(C)C)C(=O)O[Si](C)(C)C. The minimum atomic E-state index is -2.00. The van der Waals surface area contributed by atoms with Crippen LogP contribution in [0.25, 0.3) is 0 Å². The van der Waals surface area contributed by atoms with E-state index in [-0.39, 0.29) is 24.4 Å². The van der Waals surface area contributed by atoms with Crippen LogP contribution in [-0.2, 0) is 18.4 Å². The third kappa shape index (κ3) is 11.5. The maximum absolute atomic E-state index is 12.3. The lowest BCUT2D eigenvalue weighted by Crippen LogP contribution is -2.52. The summed E-state index contributed by atoms with van der Waals surface area (Å²) in [7, 11) is -3.74. The molecule has 0 bridgehead atoms. The highest BCUT2D eigenvalue weighted by Crippen LogP contribution is 2.11. The fourth-order valence-electron chi connectivity index (χ4n) is 1.75. The van der Waals surface area contributed by atoms with E-state index in [1.165, 1.54) is 0 Å². The number of hydrogen-bond donors (Lipinski definition) is 2. The van der Waals surface area contributed by atoms with E-state index >= 15 is 0 Å². The van der Waals surface area contributed by atoms with Crippen LogP contribution in [-0.4, -0.2) is 47.2 Å². The molecule has 0 aliphatic rings. The normalized spacial score (nSPS) is 15.2. The second kappa shape index (κ2) is 8.95. The largest absolute Gasteiger partial charge is 0.518 e. The van der Waals surface area contributed by atoms with E-state index in [1.807, 2.05) is 53.1 Å². The first kappa shape index (κ1) is 22.3. The van der Waals surface area contributed by atoms with Crippen LogP contribution in [0.15, 0.2) is 0 Å². The summed E-state index contributed by atoms with van der Waals surface area (Å²) in [6, 6.07) is -1.44. The van der Waals surface area contributed by atoms with E-state index in [2.05, 4.69) is 5.32 Å². The molecule has 136 valence electrons. The van der Waals surface area contributed by atoms with Gasteiger partial charge in [-0.05, 0) is 51.6 Å². The number of rotatable bonds is 9. The van der Waals surface area contributed by atoms with Crippen molar-refractivity contribution in [2.75, 3.05) is 6.61 Å². The predicted octanol–water partition coefficient (Wildman–Crippen LogP) is 2.07. The van der Waals surface area contributed by atoms with Gasteiger partial charge in [0.25, 0.3) is 0 Å². The highest BCUT2D eigenvalue weighted by Gasteiger charge is 2.30. The highest BCUT2D eigenvalue weighted by atomic mass is 28.4. The maximum atomic E-state index is 12.3. The van der Waals surface area contributed by atoms with E-state index < -0.39 is 28.7 Å². The molecule has 2 unspecified atom stereocenters. The Kier molecular flexibility index (Phi) is 8.68. The number of amides is 1. The van der Waals surface area contributed by atoms with Gasteiger partial charge in [0.1, 0.15) is 12.1 Å². The van der Waals surface area contributed by atoms with Crippen molar-refractivity contribution < 1.29 is 18.4 Å². The first-order valence-electron chi connectivity index (χ1n) is 8.14. The van der Waals surface area contributed by atoms with Gasteiger partial charge < -0.3 is 19.9 Å². The Balaban J connectivity index is 4.75. The van der Waals surface area contributed by atoms with Crippen molar-refractivity contribution in [3.63, 3.8) is 0 Å². The van der Waals surface area contributed by atoms with Crippen LogP contribution in [0.1, 0.15) is 20.3 Å². The van der Waals surface area contributed by atoms with E-state index in [1.54, 1.807) is 0 Å². The molecule has 0 aromatic carbocycles. The molecule has 6 nitrogen and oxygen atoms in total. The summed E-state index contributed by atoms with van der Waals surface area (Å²) < 4.78 is 11.2. The number of nitrogens with one attached hydrogen (secondary N) is 1. The summed E-state index contributed by atoms with van der Waals surface area (Å²) in [4.78, 5) is 24.5. The van der Waals surface area contributed by atoms with Gasteiger partial charge in [0, 0.05) is 0 Å². The minimum absolute atomic E-state index is 0.166. The Labute approximate surface area is 142 Å². The molecular formula is C15H34N2O4Si2. The average Bonchev–Trinajstić information content (AvgIpc) is 2.31. The van der Waals surface area contributed by atoms with Gasteiger partial charge in [0.05, 0.1) is 6.61 Å². The topological polar surface area (TPSA) is 90.7 Å². The van der Waals surface area contributed by atoms with Crippen molar-refractivity contribution in [1.29, 1.82) is 0 Å². The van der Waals surface area contributed by atoms with Crippen molar-refractivity contribution >= 4 is 28.5 Å². The first-order valence-corrected chi connectivity index (χ1v) is 15.0. The smallest absolute Gasteiger partial charge is 0.315 e. The standard InChI is InChI=1S/C15H34N2O4Si2/c1-11(2)9-13(15(19)21-23(6,7)8)17-14(18)12(16)10-20-22(3,4)5/h11-13H,9-10,16H2,1-8H3,(H,17,18). The van der Waals surface area contributed by atoms with E-state index in [0.29, 0.717) is 6.42 Å². The van der Waals surface area contributed by atoms with Crippen LogP contribution in [0.3, 0.4) is 0 Å². The molecule has 0 fully saturated rings. The number of nitrogens with two attached hydrogens (primary N) is 1. The molecule has 1 amide bonds. The molecule has 0 aliphatic carbocycles. The van der Waals surface area contributed by atoms with Crippen molar-refractivity contribution in [3.8, 4) is 0 Å². The van der Waals surface area contributed by atoms with Gasteiger partial charge in [-0.1, -0.05) is 13.8 Å². The second-order valence-electron chi connectivity index (χ2n) is 8.25. The summed E-state index contributed by atoms with van der Waals surface area (Å²) in [5.74, 6) is -0.491. The number of carbonyl (C=O) groups excluding carboxylic acids is 2. The molecule has 0 aromatic rings. The molecular weight excluding hydrogens is 328 g/mol. The van der Waals surface area contributed by atoms with Crippen molar-refractivity contribution in [2.24, 2.45) is 11.7 Å². The van der Waals surface area contributed by atoms with Crippen LogP contribution in [0.4, 0.5) is 0 Å². The Hall–Kier alpha value is -0.706. The third-order valence-corrected chi connectivity index (χ3v) is 4.59. The van der Waals surface area contributed by atoms with Crippen molar-refractivity contribution in [1.82, 2.24) is 5.32 Å². The molecule has 0 heterocycles. The molecule has 0 spiro atoms. The molecule has 0 saturated heterocycles. The molecule has 0 rings (SSSR count). The average molecular weight is 363 g/mol. The van der Waals surface area contributed by atoms with Gasteiger partial charge in [0.15, 0.2) is 8.32 Å². The summed E-state index contributed by atoms with van der Waals surface area (Å²) in [6.45, 7) is 16.1. The maximum Gasteiger partial charge on any atom is 0.315 e. The molecule has 0 saturated carbocycles. The zero-order valence-corrected chi connectivity index (χ0v) is 17.9. The fourth-order valence-corrected chi connectivity index (χ4v) is 3.18. The predicted molar refractivity (Wildman–Crippen MR) is 98.1 cm³/mol. The second-order valence-corrected chi connectivity index (χ2v) is 17.2. The Morgan fingerprint density at radius 3 is 1.96 bits per heavy atom. The van der Waals surface area contributed by atoms with E-state index in [9.17, 15) is 9.59 Å². The Bertz CT molecular complexity index is 403. The van der Waals surface area contributed by atoms with Gasteiger partial charge in [0.2, 0.25) is 14.2 Å². The lowest BCUT2D eigenvalue weighted by molar-refractivity contribution is -0.140. The minimum Gasteiger partial charge on any atom is -0.518 e. The monoisotopic (exact) mass is 362 g/mol. The van der Waals surface area contributed by atoms with Crippen molar-refractivity contribution in [2.45, 2.75) is 71.6 Å². The summed E-state index contributed by atoms with van der Waals surface area (Å²) in [6.07, 6.45) is 0.524. The zero-order chi connectivity index (χ0) is 18.4. The molecule has 0 aliphatic heterocycles. The van der Waals surface area contributed by atoms with Crippen LogP contribution >= 0.6 is 0 Å². The lowest BCUT2D eigenvalue weighted by atomic mass is 10.0. The highest BCUT2D eigenvalue weighted by molar-refractivity contribution is 6.71. The zero-order valence-electron chi connectivity index (χ0n) is 15.9. The number of carbonyl (C=O) groups is 2. The summed E-state index contributed by atoms with van der Waals surface area (Å²) in [5, 5.41) is 2.73. The van der Waals surface area contributed by atoms with Crippen LogP contribution in [0.5, 0.6) is 0 Å². The van der Waals surface area contributed by atoms with Crippen LogP contribution in [0.2, 0.25) is 39.3 Å². The fraction of sp³-hybridized carbons (Fsp3) is 0.867. The summed E-state index contributed by atoms with van der Waals surface area (Å²) >= 11 is 0. The summed E-state index contributed by atoms with van der Waals surface area (Å²) in [5.41, 5.74) is 5.87. The van der Waals surface area contributed by atoms with Gasteiger partial charge >= 0.3 is 5.97 Å². The van der Waals surface area contributed by atoms with Gasteiger partial charge in [-0.15, -0.1) is 0 Å². The van der Waals surface area contributed by atoms with Gasteiger partial charge in [-0.2, -0.15) is 0 Å². The molecule has 0 aromatic heterocycles. The number of hydrogen-bond acceptors (Lipinski definition) is 5.